The normalized spacial score (nSPS) is 10.3. The van der Waals surface area contributed by atoms with E-state index in [2.05, 4.69) is 21.6 Å². The molecule has 0 amide bonds. The number of anilines is 1. The van der Waals surface area contributed by atoms with Crippen molar-refractivity contribution in [1.29, 1.82) is 5.26 Å². The van der Waals surface area contributed by atoms with E-state index in [1.165, 1.54) is 0 Å². The summed E-state index contributed by atoms with van der Waals surface area (Å²) in [4.78, 5) is 0. The Balaban J connectivity index is 2.17. The van der Waals surface area contributed by atoms with Crippen LogP contribution in [0, 0.1) is 11.3 Å². The molecule has 0 aliphatic rings. The molecular formula is C14H16N4O. The average molecular weight is 256 g/mol. The summed E-state index contributed by atoms with van der Waals surface area (Å²) in [5, 5.41) is 29.9. The molecule has 0 bridgehead atoms. The van der Waals surface area contributed by atoms with Crippen molar-refractivity contribution in [3.63, 3.8) is 0 Å². The summed E-state index contributed by atoms with van der Waals surface area (Å²) in [5.74, 6) is 0. The molecule has 19 heavy (non-hydrogen) atoms. The molecule has 0 radical (unpaired) electrons. The van der Waals surface area contributed by atoms with Crippen LogP contribution in [0.4, 0.5) is 5.69 Å². The molecule has 5 nitrogen and oxygen atoms in total. The Morgan fingerprint density at radius 1 is 1.16 bits per heavy atom. The van der Waals surface area contributed by atoms with Gasteiger partial charge in [-0.05, 0) is 25.3 Å². The van der Waals surface area contributed by atoms with Gasteiger partial charge >= 0.3 is 0 Å². The Morgan fingerprint density at radius 2 is 2.00 bits per heavy atom. The fourth-order valence-corrected chi connectivity index (χ4v) is 1.94. The first kappa shape index (κ1) is 13.2. The Bertz CT molecular complexity index is 592. The molecule has 0 spiro atoms. The Kier molecular flexibility index (Phi) is 4.65. The molecule has 0 saturated heterocycles. The topological polar surface area (TPSA) is 81.8 Å². The predicted molar refractivity (Wildman–Crippen MR) is 73.7 cm³/mol. The number of nitrogens with one attached hydrogen (secondary N) is 1. The van der Waals surface area contributed by atoms with Crippen LogP contribution >= 0.6 is 0 Å². The van der Waals surface area contributed by atoms with E-state index in [-0.39, 0.29) is 6.61 Å². The number of nitriles is 1. The second-order valence-electron chi connectivity index (χ2n) is 4.26. The van der Waals surface area contributed by atoms with Crippen LogP contribution in [0.25, 0.3) is 10.9 Å². The Morgan fingerprint density at radius 3 is 2.79 bits per heavy atom. The van der Waals surface area contributed by atoms with Crippen molar-refractivity contribution in [2.24, 2.45) is 0 Å². The second kappa shape index (κ2) is 6.66. The van der Waals surface area contributed by atoms with E-state index in [0.717, 1.165) is 42.4 Å². The number of aliphatic hydroxyl groups is 1. The molecule has 2 rings (SSSR count). The first-order valence-corrected chi connectivity index (χ1v) is 6.37. The summed E-state index contributed by atoms with van der Waals surface area (Å²) in [6.07, 6.45) is 2.71. The standard InChI is InChI=1S/C14H16N4O/c15-10-13-14(16-8-4-1-5-9-19)11-6-2-3-7-12(11)17-18-13/h2-3,6-7,19H,1,4-5,8-9H2,(H,16,17). The molecule has 0 fully saturated rings. The van der Waals surface area contributed by atoms with Crippen LogP contribution in [0.3, 0.4) is 0 Å². The van der Waals surface area contributed by atoms with Gasteiger partial charge in [0.2, 0.25) is 0 Å². The highest BCUT2D eigenvalue weighted by molar-refractivity contribution is 5.92. The van der Waals surface area contributed by atoms with Gasteiger partial charge in [0.1, 0.15) is 6.07 Å². The highest BCUT2D eigenvalue weighted by Crippen LogP contribution is 2.23. The summed E-state index contributed by atoms with van der Waals surface area (Å²) < 4.78 is 0. The maximum Gasteiger partial charge on any atom is 0.186 e. The number of hydrogen-bond donors (Lipinski definition) is 2. The number of aromatic nitrogens is 2. The number of aliphatic hydroxyl groups excluding tert-OH is 1. The smallest absolute Gasteiger partial charge is 0.186 e. The molecule has 1 aromatic heterocycles. The monoisotopic (exact) mass is 256 g/mol. The van der Waals surface area contributed by atoms with E-state index in [1.807, 2.05) is 24.3 Å². The van der Waals surface area contributed by atoms with E-state index < -0.39 is 0 Å². The zero-order valence-corrected chi connectivity index (χ0v) is 10.6. The lowest BCUT2D eigenvalue weighted by Gasteiger charge is -2.09. The number of rotatable bonds is 6. The third kappa shape index (κ3) is 3.18. The summed E-state index contributed by atoms with van der Waals surface area (Å²) in [7, 11) is 0. The van der Waals surface area contributed by atoms with E-state index >= 15 is 0 Å². The van der Waals surface area contributed by atoms with Gasteiger partial charge in [-0.15, -0.1) is 10.2 Å². The number of fused-ring (bicyclic) bond motifs is 1. The third-order valence-electron chi connectivity index (χ3n) is 2.91. The van der Waals surface area contributed by atoms with Gasteiger partial charge in [0.25, 0.3) is 0 Å². The van der Waals surface area contributed by atoms with Crippen molar-refractivity contribution in [2.45, 2.75) is 19.3 Å². The summed E-state index contributed by atoms with van der Waals surface area (Å²) in [5.41, 5.74) is 1.84. The van der Waals surface area contributed by atoms with Crippen LogP contribution in [0.5, 0.6) is 0 Å². The van der Waals surface area contributed by atoms with E-state index in [0.29, 0.717) is 5.69 Å². The van der Waals surface area contributed by atoms with E-state index in [1.54, 1.807) is 0 Å². The molecule has 98 valence electrons. The van der Waals surface area contributed by atoms with Gasteiger partial charge in [0.05, 0.1) is 11.2 Å². The maximum absolute atomic E-state index is 9.09. The van der Waals surface area contributed by atoms with Crippen molar-refractivity contribution in [3.05, 3.63) is 30.0 Å². The maximum atomic E-state index is 9.09. The molecule has 1 aromatic carbocycles. The van der Waals surface area contributed by atoms with Crippen molar-refractivity contribution in [1.82, 2.24) is 10.2 Å². The zero-order chi connectivity index (χ0) is 13.5. The summed E-state index contributed by atoms with van der Waals surface area (Å²) >= 11 is 0. The van der Waals surface area contributed by atoms with E-state index in [4.69, 9.17) is 10.4 Å². The third-order valence-corrected chi connectivity index (χ3v) is 2.91. The minimum Gasteiger partial charge on any atom is -0.396 e. The molecule has 0 unspecified atom stereocenters. The predicted octanol–water partition coefficient (Wildman–Crippen LogP) is 2.08. The molecule has 2 N–H and O–H groups in total. The summed E-state index contributed by atoms with van der Waals surface area (Å²) in [6, 6.07) is 9.69. The Hall–Kier alpha value is -2.19. The first-order valence-electron chi connectivity index (χ1n) is 6.37. The Labute approximate surface area is 111 Å². The van der Waals surface area contributed by atoms with Gasteiger partial charge in [0, 0.05) is 18.5 Å². The van der Waals surface area contributed by atoms with Crippen LogP contribution in [-0.2, 0) is 0 Å². The molecule has 0 saturated carbocycles. The van der Waals surface area contributed by atoms with Gasteiger partial charge in [-0.3, -0.25) is 0 Å². The van der Waals surface area contributed by atoms with Crippen molar-refractivity contribution in [2.75, 3.05) is 18.5 Å². The number of nitrogens with zero attached hydrogens (tertiary/aromatic N) is 3. The molecule has 0 aliphatic heterocycles. The fraction of sp³-hybridized carbons (Fsp3) is 0.357. The quantitative estimate of drug-likeness (QED) is 0.773. The SMILES string of the molecule is N#Cc1nnc2ccccc2c1NCCCCCO. The van der Waals surface area contributed by atoms with Gasteiger partial charge in [0.15, 0.2) is 5.69 Å². The van der Waals surface area contributed by atoms with E-state index in [9.17, 15) is 0 Å². The number of benzene rings is 1. The average Bonchev–Trinajstić information content (AvgIpc) is 2.47. The van der Waals surface area contributed by atoms with Gasteiger partial charge in [-0.25, -0.2) is 0 Å². The second-order valence-corrected chi connectivity index (χ2v) is 4.26. The zero-order valence-electron chi connectivity index (χ0n) is 10.6. The highest BCUT2D eigenvalue weighted by atomic mass is 16.2. The van der Waals surface area contributed by atoms with Gasteiger partial charge in [-0.1, -0.05) is 18.2 Å². The molecule has 2 aromatic rings. The van der Waals surface area contributed by atoms with Crippen molar-refractivity contribution in [3.8, 4) is 6.07 Å². The van der Waals surface area contributed by atoms with Gasteiger partial charge < -0.3 is 10.4 Å². The number of unbranched alkanes of at least 4 members (excludes halogenated alkanes) is 2. The molecule has 1 heterocycles. The van der Waals surface area contributed by atoms with Crippen LogP contribution in [0.1, 0.15) is 25.0 Å². The molecule has 5 heteroatoms. The minimum atomic E-state index is 0.225. The summed E-state index contributed by atoms with van der Waals surface area (Å²) in [6.45, 7) is 0.980. The molecular weight excluding hydrogens is 240 g/mol. The lowest BCUT2D eigenvalue weighted by atomic mass is 10.1. The molecule has 0 atom stereocenters. The van der Waals surface area contributed by atoms with Crippen LogP contribution in [0.15, 0.2) is 24.3 Å². The number of hydrogen-bond acceptors (Lipinski definition) is 5. The van der Waals surface area contributed by atoms with Crippen LogP contribution in [0.2, 0.25) is 0 Å². The lowest BCUT2D eigenvalue weighted by Crippen LogP contribution is -2.06. The largest absolute Gasteiger partial charge is 0.396 e. The van der Waals surface area contributed by atoms with Crippen molar-refractivity contribution < 1.29 is 5.11 Å². The first-order chi connectivity index (χ1) is 9.36. The van der Waals surface area contributed by atoms with Crippen LogP contribution < -0.4 is 5.32 Å². The fourth-order valence-electron chi connectivity index (χ4n) is 1.94. The molecule has 0 aliphatic carbocycles. The lowest BCUT2D eigenvalue weighted by molar-refractivity contribution is 0.283. The van der Waals surface area contributed by atoms with Crippen LogP contribution in [-0.4, -0.2) is 28.5 Å². The van der Waals surface area contributed by atoms with Crippen molar-refractivity contribution >= 4 is 16.6 Å². The van der Waals surface area contributed by atoms with Gasteiger partial charge in [-0.2, -0.15) is 5.26 Å². The minimum absolute atomic E-state index is 0.225. The highest BCUT2D eigenvalue weighted by Gasteiger charge is 2.09.